The molecule has 0 aliphatic carbocycles. The molecular weight excluding hydrogens is 425 g/mol. The Labute approximate surface area is 180 Å². The van der Waals surface area contributed by atoms with Crippen LogP contribution in [0.25, 0.3) is 11.1 Å². The standard InChI is InChI=1S/C21H17F3N6O2/c1-29-12-16(10-25-29)15-7-5-14(6-8-15)11-30-13-19(32-28-30)27-20(31)26-18-4-2-3-17(9-18)21(22,23)24/h2-10,12-13H,11H2,1H3,(H-,26,27,28,31)/p+1. The molecule has 0 spiro atoms. The van der Waals surface area contributed by atoms with E-state index in [1.165, 1.54) is 23.0 Å². The number of amides is 2. The van der Waals surface area contributed by atoms with E-state index in [1.807, 2.05) is 37.5 Å². The van der Waals surface area contributed by atoms with E-state index in [0.717, 1.165) is 28.8 Å². The lowest BCUT2D eigenvalue weighted by atomic mass is 10.1. The van der Waals surface area contributed by atoms with Gasteiger partial charge in [-0.1, -0.05) is 30.3 Å². The summed E-state index contributed by atoms with van der Waals surface area (Å²) in [6.07, 6.45) is 0.676. The van der Waals surface area contributed by atoms with Crippen molar-refractivity contribution in [1.82, 2.24) is 15.1 Å². The zero-order valence-corrected chi connectivity index (χ0v) is 16.8. The lowest BCUT2D eigenvalue weighted by molar-refractivity contribution is -0.754. The highest BCUT2D eigenvalue weighted by molar-refractivity contribution is 5.98. The number of urea groups is 1. The Balaban J connectivity index is 1.35. The molecule has 2 aromatic carbocycles. The number of alkyl halides is 3. The smallest absolute Gasteiger partial charge is 0.308 e. The molecule has 164 valence electrons. The van der Waals surface area contributed by atoms with Crippen LogP contribution >= 0.6 is 0 Å². The summed E-state index contributed by atoms with van der Waals surface area (Å²) >= 11 is 0. The third-order valence-corrected chi connectivity index (χ3v) is 4.53. The fourth-order valence-electron chi connectivity index (χ4n) is 3.02. The molecule has 4 aromatic rings. The average molecular weight is 443 g/mol. The predicted molar refractivity (Wildman–Crippen MR) is 109 cm³/mol. The predicted octanol–water partition coefficient (Wildman–Crippen LogP) is 4.07. The second-order valence-corrected chi connectivity index (χ2v) is 7.02. The number of aromatic nitrogens is 4. The maximum Gasteiger partial charge on any atom is 0.416 e. The van der Waals surface area contributed by atoms with Crippen molar-refractivity contribution in [2.45, 2.75) is 12.7 Å². The number of nitrogens with zero attached hydrogens (tertiary/aromatic N) is 4. The Bertz CT molecular complexity index is 1230. The highest BCUT2D eigenvalue weighted by atomic mass is 19.4. The third kappa shape index (κ3) is 5.12. The highest BCUT2D eigenvalue weighted by Crippen LogP contribution is 2.30. The molecular formula is C21H18F3N6O2+. The maximum atomic E-state index is 12.8. The number of carbonyl (C=O) groups excluding carboxylic acids is 1. The van der Waals surface area contributed by atoms with Crippen molar-refractivity contribution < 1.29 is 27.2 Å². The van der Waals surface area contributed by atoms with Crippen molar-refractivity contribution in [3.05, 3.63) is 78.2 Å². The summed E-state index contributed by atoms with van der Waals surface area (Å²) in [5, 5.41) is 12.7. The molecule has 2 amide bonds. The van der Waals surface area contributed by atoms with E-state index >= 15 is 0 Å². The number of carbonyl (C=O) groups is 1. The molecule has 4 rings (SSSR count). The Hall–Kier alpha value is -4.15. The van der Waals surface area contributed by atoms with E-state index in [2.05, 4.69) is 21.0 Å². The SMILES string of the molecule is Cn1cc(-c2ccc(C[n+]3cc(NC(=O)Nc4cccc(C(F)(F)F)c4)on3)cc2)cn1. The van der Waals surface area contributed by atoms with Crippen LogP contribution < -0.4 is 15.3 Å². The zero-order chi connectivity index (χ0) is 22.7. The molecule has 0 radical (unpaired) electrons. The van der Waals surface area contributed by atoms with E-state index in [9.17, 15) is 18.0 Å². The van der Waals surface area contributed by atoms with Crippen LogP contribution in [-0.4, -0.2) is 21.1 Å². The van der Waals surface area contributed by atoms with Crippen LogP contribution in [0.3, 0.4) is 0 Å². The van der Waals surface area contributed by atoms with Crippen molar-refractivity contribution in [3.63, 3.8) is 0 Å². The number of nitrogens with one attached hydrogen (secondary N) is 2. The quantitative estimate of drug-likeness (QED) is 0.455. The van der Waals surface area contributed by atoms with Gasteiger partial charge in [0.15, 0.2) is 0 Å². The lowest BCUT2D eigenvalue weighted by Crippen LogP contribution is -2.35. The minimum Gasteiger partial charge on any atom is -0.308 e. The van der Waals surface area contributed by atoms with Crippen LogP contribution in [0.5, 0.6) is 0 Å². The van der Waals surface area contributed by atoms with Gasteiger partial charge in [-0.25, -0.2) is 4.79 Å². The molecule has 32 heavy (non-hydrogen) atoms. The summed E-state index contributed by atoms with van der Waals surface area (Å²) in [5.74, 6) is 0.0430. The molecule has 2 aromatic heterocycles. The van der Waals surface area contributed by atoms with Gasteiger partial charge in [-0.2, -0.15) is 18.3 Å². The molecule has 11 heteroatoms. The first kappa shape index (κ1) is 21.1. The molecule has 0 saturated carbocycles. The van der Waals surface area contributed by atoms with Crippen LogP contribution in [-0.2, 0) is 19.8 Å². The minimum absolute atomic E-state index is 0.00146. The van der Waals surface area contributed by atoms with Gasteiger partial charge >= 0.3 is 18.1 Å². The van der Waals surface area contributed by atoms with Crippen LogP contribution in [0, 0.1) is 0 Å². The second-order valence-electron chi connectivity index (χ2n) is 7.02. The van der Waals surface area contributed by atoms with Crippen LogP contribution in [0.1, 0.15) is 11.1 Å². The summed E-state index contributed by atoms with van der Waals surface area (Å²) < 4.78 is 46.6. The molecule has 0 fully saturated rings. The largest absolute Gasteiger partial charge is 0.416 e. The van der Waals surface area contributed by atoms with Gasteiger partial charge in [-0.15, -0.1) is 0 Å². The van der Waals surface area contributed by atoms with Crippen molar-refractivity contribution in [3.8, 4) is 11.1 Å². The fraction of sp³-hybridized carbons (Fsp3) is 0.143. The number of hydrogen-bond donors (Lipinski definition) is 2. The molecule has 0 saturated heterocycles. The summed E-state index contributed by atoms with van der Waals surface area (Å²) in [7, 11) is 1.85. The number of anilines is 2. The van der Waals surface area contributed by atoms with E-state index in [1.54, 1.807) is 10.9 Å². The van der Waals surface area contributed by atoms with E-state index < -0.39 is 17.8 Å². The number of rotatable bonds is 5. The number of aryl methyl sites for hydroxylation is 1. The summed E-state index contributed by atoms with van der Waals surface area (Å²) in [6, 6.07) is 11.4. The Morgan fingerprint density at radius 2 is 1.91 bits per heavy atom. The van der Waals surface area contributed by atoms with Crippen molar-refractivity contribution in [1.29, 1.82) is 0 Å². The van der Waals surface area contributed by atoms with E-state index in [4.69, 9.17) is 4.52 Å². The highest BCUT2D eigenvalue weighted by Gasteiger charge is 2.30. The van der Waals surface area contributed by atoms with Gasteiger partial charge in [0, 0.05) is 30.1 Å². The minimum atomic E-state index is -4.50. The van der Waals surface area contributed by atoms with Gasteiger partial charge in [0.25, 0.3) is 6.20 Å². The first-order valence-corrected chi connectivity index (χ1v) is 9.46. The summed E-state index contributed by atoms with van der Waals surface area (Å²) in [5.41, 5.74) is 2.13. The molecule has 0 unspecified atom stereocenters. The molecule has 2 heterocycles. The molecule has 0 aliphatic rings. The molecule has 0 bridgehead atoms. The number of benzene rings is 2. The van der Waals surface area contributed by atoms with Gasteiger partial charge in [-0.3, -0.25) is 14.5 Å². The van der Waals surface area contributed by atoms with Gasteiger partial charge in [0.05, 0.1) is 11.8 Å². The van der Waals surface area contributed by atoms with Crippen LogP contribution in [0.4, 0.5) is 29.5 Å². The molecule has 0 aliphatic heterocycles. The van der Waals surface area contributed by atoms with Crippen molar-refractivity contribution in [2.75, 3.05) is 10.6 Å². The van der Waals surface area contributed by atoms with Crippen LogP contribution in [0.2, 0.25) is 0 Å². The number of halogens is 3. The average Bonchev–Trinajstić information content (AvgIpc) is 3.37. The molecule has 2 N–H and O–H groups in total. The van der Waals surface area contributed by atoms with E-state index in [0.29, 0.717) is 6.54 Å². The van der Waals surface area contributed by atoms with Crippen molar-refractivity contribution in [2.24, 2.45) is 7.05 Å². The molecule has 0 atom stereocenters. The van der Waals surface area contributed by atoms with Crippen molar-refractivity contribution >= 4 is 17.6 Å². The van der Waals surface area contributed by atoms with Gasteiger partial charge < -0.3 is 5.32 Å². The van der Waals surface area contributed by atoms with E-state index in [-0.39, 0.29) is 11.6 Å². The third-order valence-electron chi connectivity index (χ3n) is 4.53. The maximum absolute atomic E-state index is 12.8. The normalized spacial score (nSPS) is 11.4. The first-order chi connectivity index (χ1) is 15.3. The summed E-state index contributed by atoms with van der Waals surface area (Å²) in [4.78, 5) is 12.1. The first-order valence-electron chi connectivity index (χ1n) is 9.46. The second kappa shape index (κ2) is 8.53. The zero-order valence-electron chi connectivity index (χ0n) is 16.8. The monoisotopic (exact) mass is 443 g/mol. The fourth-order valence-corrected chi connectivity index (χ4v) is 3.02. The number of hydrogen-bond acceptors (Lipinski definition) is 4. The summed E-state index contributed by atoms with van der Waals surface area (Å²) in [6.45, 7) is 0.397. The Morgan fingerprint density at radius 3 is 2.59 bits per heavy atom. The molecule has 8 nitrogen and oxygen atoms in total. The lowest BCUT2D eigenvalue weighted by Gasteiger charge is -2.09. The Kier molecular flexibility index (Phi) is 5.63. The van der Waals surface area contributed by atoms with Crippen LogP contribution in [0.15, 0.2) is 71.6 Å². The van der Waals surface area contributed by atoms with Gasteiger partial charge in [0.2, 0.25) is 11.8 Å². The van der Waals surface area contributed by atoms with Gasteiger partial charge in [0.1, 0.15) is 0 Å². The Morgan fingerprint density at radius 1 is 1.12 bits per heavy atom. The topological polar surface area (TPSA) is 88.9 Å². The van der Waals surface area contributed by atoms with Gasteiger partial charge in [-0.05, 0) is 28.4 Å².